The first-order valence-corrected chi connectivity index (χ1v) is 7.27. The van der Waals surface area contributed by atoms with Crippen LogP contribution in [0, 0.1) is 5.82 Å². The van der Waals surface area contributed by atoms with Crippen molar-refractivity contribution in [2.24, 2.45) is 7.05 Å². The van der Waals surface area contributed by atoms with Gasteiger partial charge in [0.1, 0.15) is 17.7 Å². The van der Waals surface area contributed by atoms with Gasteiger partial charge in [0.2, 0.25) is 0 Å². The Bertz CT molecular complexity index is 610. The van der Waals surface area contributed by atoms with E-state index in [0.717, 1.165) is 18.4 Å². The van der Waals surface area contributed by atoms with E-state index in [0.29, 0.717) is 12.4 Å². The summed E-state index contributed by atoms with van der Waals surface area (Å²) >= 11 is 0. The Morgan fingerprint density at radius 3 is 2.73 bits per heavy atom. The van der Waals surface area contributed by atoms with Crippen LogP contribution in [-0.2, 0) is 11.8 Å². The number of hydrogen-bond donors (Lipinski definition) is 1. The maximum Gasteiger partial charge on any atom is 0.407 e. The number of nitrogens with one attached hydrogen (secondary N) is 1. The molecule has 0 radical (unpaired) electrons. The monoisotopic (exact) mass is 305 g/mol. The fourth-order valence-corrected chi connectivity index (χ4v) is 2.08. The summed E-state index contributed by atoms with van der Waals surface area (Å²) in [7, 11) is 1.84. The van der Waals surface area contributed by atoms with E-state index in [1.165, 1.54) is 12.1 Å². The van der Waals surface area contributed by atoms with Gasteiger partial charge >= 0.3 is 6.09 Å². The highest BCUT2D eigenvalue weighted by atomic mass is 19.1. The Morgan fingerprint density at radius 2 is 2.14 bits per heavy atom. The lowest BCUT2D eigenvalue weighted by molar-refractivity contribution is 0.141. The molecular formula is C16H20FN3O2. The molecule has 2 aromatic rings. The van der Waals surface area contributed by atoms with E-state index in [1.807, 2.05) is 14.0 Å². The molecule has 1 N–H and O–H groups in total. The number of aromatic nitrogens is 2. The van der Waals surface area contributed by atoms with Crippen molar-refractivity contribution in [3.8, 4) is 0 Å². The first-order valence-electron chi connectivity index (χ1n) is 7.27. The number of carbonyl (C=O) groups excluding carboxylic acids is 1. The van der Waals surface area contributed by atoms with Gasteiger partial charge in [0.25, 0.3) is 0 Å². The summed E-state index contributed by atoms with van der Waals surface area (Å²) in [6.07, 6.45) is 4.70. The fraction of sp³-hybridized carbons (Fsp3) is 0.375. The van der Waals surface area contributed by atoms with Crippen LogP contribution in [0.25, 0.3) is 0 Å². The second-order valence-corrected chi connectivity index (χ2v) is 5.01. The molecule has 118 valence electrons. The second-order valence-electron chi connectivity index (χ2n) is 5.01. The molecule has 0 aliphatic carbocycles. The number of alkyl carbamates (subject to hydrolysis) is 1. The summed E-state index contributed by atoms with van der Waals surface area (Å²) in [6.45, 7) is 2.40. The lowest BCUT2D eigenvalue weighted by atomic mass is 10.1. The normalized spacial score (nSPS) is 12.0. The number of hydrogen-bond acceptors (Lipinski definition) is 3. The van der Waals surface area contributed by atoms with Crippen molar-refractivity contribution < 1.29 is 13.9 Å². The smallest absolute Gasteiger partial charge is 0.407 e. The fourth-order valence-electron chi connectivity index (χ4n) is 2.08. The van der Waals surface area contributed by atoms with Gasteiger partial charge in [0, 0.05) is 19.4 Å². The number of unbranched alkanes of at least 4 members (excludes halogenated alkanes) is 1. The summed E-state index contributed by atoms with van der Waals surface area (Å²) in [5, 5.41) is 2.79. The predicted molar refractivity (Wildman–Crippen MR) is 80.8 cm³/mol. The Balaban J connectivity index is 2.17. The van der Waals surface area contributed by atoms with Crippen LogP contribution in [0.2, 0.25) is 0 Å². The zero-order valence-electron chi connectivity index (χ0n) is 12.8. The molecule has 0 aliphatic heterocycles. The van der Waals surface area contributed by atoms with E-state index in [2.05, 4.69) is 10.3 Å². The first kappa shape index (κ1) is 16.0. The molecule has 1 atom stereocenters. The van der Waals surface area contributed by atoms with Crippen LogP contribution in [0.15, 0.2) is 36.7 Å². The number of ether oxygens (including phenoxy) is 1. The third kappa shape index (κ3) is 4.07. The van der Waals surface area contributed by atoms with Gasteiger partial charge in [-0.05, 0) is 24.1 Å². The van der Waals surface area contributed by atoms with Crippen molar-refractivity contribution in [2.45, 2.75) is 25.8 Å². The third-order valence-electron chi connectivity index (χ3n) is 3.31. The van der Waals surface area contributed by atoms with Crippen molar-refractivity contribution in [1.82, 2.24) is 14.9 Å². The molecule has 5 nitrogen and oxygen atoms in total. The van der Waals surface area contributed by atoms with Gasteiger partial charge in [-0.1, -0.05) is 25.5 Å². The molecule has 2 rings (SSSR count). The number of halogens is 1. The number of aryl methyl sites for hydroxylation is 1. The van der Waals surface area contributed by atoms with Gasteiger partial charge in [-0.25, -0.2) is 14.2 Å². The molecule has 1 amide bonds. The number of nitrogens with zero attached hydrogens (tertiary/aromatic N) is 2. The van der Waals surface area contributed by atoms with Crippen LogP contribution >= 0.6 is 0 Å². The molecule has 1 aromatic carbocycles. The largest absolute Gasteiger partial charge is 0.450 e. The van der Waals surface area contributed by atoms with Gasteiger partial charge in [-0.2, -0.15) is 0 Å². The SMILES string of the molecule is CCCCOC(=O)NC(c1ccc(F)cc1)c1nccn1C. The minimum absolute atomic E-state index is 0.326. The Kier molecular flexibility index (Phi) is 5.52. The summed E-state index contributed by atoms with van der Waals surface area (Å²) < 4.78 is 20.0. The Labute approximate surface area is 129 Å². The number of benzene rings is 1. The van der Waals surface area contributed by atoms with Gasteiger partial charge in [0.15, 0.2) is 0 Å². The lowest BCUT2D eigenvalue weighted by Crippen LogP contribution is -2.31. The first-order chi connectivity index (χ1) is 10.6. The van der Waals surface area contributed by atoms with Crippen LogP contribution in [0.3, 0.4) is 0 Å². The van der Waals surface area contributed by atoms with E-state index < -0.39 is 12.1 Å². The zero-order chi connectivity index (χ0) is 15.9. The van der Waals surface area contributed by atoms with Crippen LogP contribution < -0.4 is 5.32 Å². The number of carbonyl (C=O) groups is 1. The van der Waals surface area contributed by atoms with Crippen molar-refractivity contribution in [2.75, 3.05) is 6.61 Å². The molecule has 1 unspecified atom stereocenters. The minimum atomic E-state index is -0.509. The third-order valence-corrected chi connectivity index (χ3v) is 3.31. The Morgan fingerprint density at radius 1 is 1.41 bits per heavy atom. The topological polar surface area (TPSA) is 56.1 Å². The molecule has 22 heavy (non-hydrogen) atoms. The van der Waals surface area contributed by atoms with Gasteiger partial charge < -0.3 is 14.6 Å². The van der Waals surface area contributed by atoms with E-state index in [-0.39, 0.29) is 5.82 Å². The predicted octanol–water partition coefficient (Wildman–Crippen LogP) is 3.17. The number of amides is 1. The molecule has 6 heteroatoms. The lowest BCUT2D eigenvalue weighted by Gasteiger charge is -2.19. The van der Waals surface area contributed by atoms with E-state index >= 15 is 0 Å². The molecule has 0 aliphatic rings. The molecule has 0 fully saturated rings. The second kappa shape index (κ2) is 7.59. The number of rotatable bonds is 6. The minimum Gasteiger partial charge on any atom is -0.450 e. The standard InChI is InChI=1S/C16H20FN3O2/c1-3-4-11-22-16(21)19-14(15-18-9-10-20(15)2)12-5-7-13(17)8-6-12/h5-10,14H,3-4,11H2,1-2H3,(H,19,21). The van der Waals surface area contributed by atoms with Gasteiger partial charge in [-0.15, -0.1) is 0 Å². The number of imidazole rings is 1. The summed E-state index contributed by atoms with van der Waals surface area (Å²) in [5.41, 5.74) is 0.739. The highest BCUT2D eigenvalue weighted by Crippen LogP contribution is 2.21. The molecule has 0 saturated heterocycles. The van der Waals surface area contributed by atoms with Crippen molar-refractivity contribution in [1.29, 1.82) is 0 Å². The summed E-state index contributed by atoms with van der Waals surface area (Å²) in [5.74, 6) is 0.326. The van der Waals surface area contributed by atoms with E-state index in [1.54, 1.807) is 29.1 Å². The molecule has 1 heterocycles. The molecule has 0 bridgehead atoms. The average Bonchev–Trinajstić information content (AvgIpc) is 2.92. The van der Waals surface area contributed by atoms with Crippen LogP contribution in [-0.4, -0.2) is 22.3 Å². The highest BCUT2D eigenvalue weighted by molar-refractivity contribution is 5.68. The zero-order valence-corrected chi connectivity index (χ0v) is 12.8. The molecule has 0 spiro atoms. The van der Waals surface area contributed by atoms with Crippen molar-refractivity contribution >= 4 is 6.09 Å². The van der Waals surface area contributed by atoms with Crippen LogP contribution in [0.5, 0.6) is 0 Å². The van der Waals surface area contributed by atoms with Crippen LogP contribution in [0.1, 0.15) is 37.2 Å². The van der Waals surface area contributed by atoms with Crippen LogP contribution in [0.4, 0.5) is 9.18 Å². The molecule has 0 saturated carbocycles. The summed E-state index contributed by atoms with van der Waals surface area (Å²) in [4.78, 5) is 16.2. The Hall–Kier alpha value is -2.37. The van der Waals surface area contributed by atoms with E-state index in [4.69, 9.17) is 4.74 Å². The maximum absolute atomic E-state index is 13.1. The van der Waals surface area contributed by atoms with Gasteiger partial charge in [0.05, 0.1) is 6.61 Å². The summed E-state index contributed by atoms with van der Waals surface area (Å²) in [6, 6.07) is 5.47. The van der Waals surface area contributed by atoms with Crippen molar-refractivity contribution in [3.63, 3.8) is 0 Å². The maximum atomic E-state index is 13.1. The quantitative estimate of drug-likeness (QED) is 0.834. The average molecular weight is 305 g/mol. The highest BCUT2D eigenvalue weighted by Gasteiger charge is 2.21. The molecular weight excluding hydrogens is 285 g/mol. The molecule has 1 aromatic heterocycles. The van der Waals surface area contributed by atoms with Gasteiger partial charge in [-0.3, -0.25) is 0 Å². The van der Waals surface area contributed by atoms with Crippen molar-refractivity contribution in [3.05, 3.63) is 53.9 Å². The van der Waals surface area contributed by atoms with E-state index in [9.17, 15) is 9.18 Å².